The van der Waals surface area contributed by atoms with Gasteiger partial charge in [0.25, 0.3) is 0 Å². The third kappa shape index (κ3) is 4.24. The molecule has 176 valence electrons. The SMILES string of the molecule is Cc1c2c(O[C@H](C)[C@@H]3CNC(=O)C3)cc(-c3cnn([C@@H]4CCOC(C)(C)C4)c3)cc2nn1C. The molecule has 2 aliphatic rings. The number of carbonyl (C=O) groups excluding carboxylic acids is 1. The third-order valence-corrected chi connectivity index (χ3v) is 7.15. The van der Waals surface area contributed by atoms with Crippen LogP contribution in [0.15, 0.2) is 24.5 Å². The van der Waals surface area contributed by atoms with Gasteiger partial charge in [0.2, 0.25) is 5.91 Å². The molecule has 2 saturated heterocycles. The number of rotatable bonds is 5. The van der Waals surface area contributed by atoms with Crippen molar-refractivity contribution in [2.45, 2.75) is 64.7 Å². The highest BCUT2D eigenvalue weighted by molar-refractivity contribution is 5.92. The van der Waals surface area contributed by atoms with E-state index in [9.17, 15) is 4.79 Å². The number of hydrogen-bond acceptors (Lipinski definition) is 5. The summed E-state index contributed by atoms with van der Waals surface area (Å²) in [6, 6.07) is 4.52. The molecule has 3 aromatic rings. The molecule has 1 N–H and O–H groups in total. The maximum atomic E-state index is 11.7. The minimum atomic E-state index is -0.132. The van der Waals surface area contributed by atoms with Crippen LogP contribution in [-0.2, 0) is 16.6 Å². The predicted octanol–water partition coefficient (Wildman–Crippen LogP) is 3.78. The predicted molar refractivity (Wildman–Crippen MR) is 126 cm³/mol. The van der Waals surface area contributed by atoms with E-state index in [1.54, 1.807) is 0 Å². The molecule has 2 aromatic heterocycles. The molecule has 0 spiro atoms. The summed E-state index contributed by atoms with van der Waals surface area (Å²) in [5.74, 6) is 1.06. The minimum absolute atomic E-state index is 0.0887. The van der Waals surface area contributed by atoms with Gasteiger partial charge in [-0.3, -0.25) is 14.2 Å². The first-order valence-electron chi connectivity index (χ1n) is 11.8. The van der Waals surface area contributed by atoms with Gasteiger partial charge in [-0.25, -0.2) is 0 Å². The molecule has 33 heavy (non-hydrogen) atoms. The summed E-state index contributed by atoms with van der Waals surface area (Å²) in [4.78, 5) is 11.7. The highest BCUT2D eigenvalue weighted by Gasteiger charge is 2.31. The lowest BCUT2D eigenvalue weighted by Gasteiger charge is -2.35. The first-order chi connectivity index (χ1) is 15.7. The van der Waals surface area contributed by atoms with Gasteiger partial charge in [-0.05, 0) is 58.2 Å². The molecule has 1 amide bonds. The number of nitrogens with one attached hydrogen (secondary N) is 1. The zero-order valence-corrected chi connectivity index (χ0v) is 20.1. The van der Waals surface area contributed by atoms with Crippen molar-refractivity contribution in [2.24, 2.45) is 13.0 Å². The fraction of sp³-hybridized carbons (Fsp3) is 0.560. The minimum Gasteiger partial charge on any atom is -0.490 e. The normalized spacial score (nSPS) is 23.6. The number of aryl methyl sites for hydroxylation is 2. The van der Waals surface area contributed by atoms with Crippen LogP contribution in [-0.4, -0.2) is 50.3 Å². The highest BCUT2D eigenvalue weighted by Crippen LogP contribution is 2.37. The zero-order chi connectivity index (χ0) is 23.3. The van der Waals surface area contributed by atoms with Crippen LogP contribution in [0, 0.1) is 12.8 Å². The molecule has 0 bridgehead atoms. The van der Waals surface area contributed by atoms with Gasteiger partial charge in [0.05, 0.1) is 28.7 Å². The molecule has 0 aliphatic carbocycles. The fourth-order valence-corrected chi connectivity index (χ4v) is 5.07. The van der Waals surface area contributed by atoms with Crippen molar-refractivity contribution >= 4 is 16.8 Å². The average Bonchev–Trinajstić information content (AvgIpc) is 3.47. The van der Waals surface area contributed by atoms with E-state index in [0.29, 0.717) is 19.0 Å². The van der Waals surface area contributed by atoms with Crippen molar-refractivity contribution in [3.63, 3.8) is 0 Å². The molecule has 8 nitrogen and oxygen atoms in total. The molecule has 5 rings (SSSR count). The van der Waals surface area contributed by atoms with Crippen LogP contribution in [0.25, 0.3) is 22.0 Å². The summed E-state index contributed by atoms with van der Waals surface area (Å²) >= 11 is 0. The number of hydrogen-bond donors (Lipinski definition) is 1. The van der Waals surface area contributed by atoms with Crippen LogP contribution < -0.4 is 10.1 Å². The highest BCUT2D eigenvalue weighted by atomic mass is 16.5. The molecule has 1 aromatic carbocycles. The molecule has 0 radical (unpaired) electrons. The van der Waals surface area contributed by atoms with Crippen molar-refractivity contribution < 1.29 is 14.3 Å². The van der Waals surface area contributed by atoms with Gasteiger partial charge in [0.15, 0.2) is 0 Å². The Hall–Kier alpha value is -2.87. The molecule has 2 fully saturated rings. The lowest BCUT2D eigenvalue weighted by Crippen LogP contribution is -2.35. The van der Waals surface area contributed by atoms with Crippen LogP contribution in [0.4, 0.5) is 0 Å². The Morgan fingerprint density at radius 2 is 2.12 bits per heavy atom. The standard InChI is InChI=1S/C25H33N5O3/c1-15-24-21(28-29(15)5)8-17(9-22(24)33-16(2)18-10-23(31)26-12-18)19-13-27-30(14-19)20-6-7-32-25(3,4)11-20/h8-9,13-14,16,18,20H,6-7,10-12H2,1-5H3,(H,26,31)/t16-,18+,20-/m1/s1. The molecule has 0 unspecified atom stereocenters. The molecule has 3 atom stereocenters. The van der Waals surface area contributed by atoms with Crippen molar-refractivity contribution in [1.29, 1.82) is 0 Å². The molecule has 8 heteroatoms. The van der Waals surface area contributed by atoms with E-state index in [1.807, 2.05) is 24.9 Å². The second-order valence-corrected chi connectivity index (χ2v) is 10.1. The molecule has 4 heterocycles. The van der Waals surface area contributed by atoms with Crippen LogP contribution in [0.5, 0.6) is 5.75 Å². The summed E-state index contributed by atoms with van der Waals surface area (Å²) in [6.45, 7) is 9.78. The van der Waals surface area contributed by atoms with Crippen molar-refractivity contribution in [3.05, 3.63) is 30.2 Å². The summed E-state index contributed by atoms with van der Waals surface area (Å²) in [7, 11) is 1.95. The lowest BCUT2D eigenvalue weighted by molar-refractivity contribution is -0.119. The lowest BCUT2D eigenvalue weighted by atomic mass is 9.94. The summed E-state index contributed by atoms with van der Waals surface area (Å²) in [6.07, 6.45) is 6.36. The number of aromatic nitrogens is 4. The second-order valence-electron chi connectivity index (χ2n) is 10.1. The Labute approximate surface area is 194 Å². The number of benzene rings is 1. The van der Waals surface area contributed by atoms with E-state index < -0.39 is 0 Å². The van der Waals surface area contributed by atoms with Gasteiger partial charge in [-0.2, -0.15) is 10.2 Å². The van der Waals surface area contributed by atoms with E-state index in [0.717, 1.165) is 52.9 Å². The number of fused-ring (bicyclic) bond motifs is 1. The summed E-state index contributed by atoms with van der Waals surface area (Å²) < 4.78 is 16.3. The van der Waals surface area contributed by atoms with Gasteiger partial charge < -0.3 is 14.8 Å². The summed E-state index contributed by atoms with van der Waals surface area (Å²) in [5, 5.41) is 13.3. The van der Waals surface area contributed by atoms with Gasteiger partial charge in [-0.15, -0.1) is 0 Å². The Morgan fingerprint density at radius 3 is 2.85 bits per heavy atom. The van der Waals surface area contributed by atoms with Crippen LogP contribution in [0.3, 0.4) is 0 Å². The number of amides is 1. The van der Waals surface area contributed by atoms with Gasteiger partial charge in [-0.1, -0.05) is 0 Å². The number of ether oxygens (including phenoxy) is 2. The largest absolute Gasteiger partial charge is 0.490 e. The average molecular weight is 452 g/mol. The van der Waals surface area contributed by atoms with Crippen LogP contribution in [0.2, 0.25) is 0 Å². The van der Waals surface area contributed by atoms with E-state index >= 15 is 0 Å². The topological polar surface area (TPSA) is 83.2 Å². The zero-order valence-electron chi connectivity index (χ0n) is 20.1. The molecular weight excluding hydrogens is 418 g/mol. The van der Waals surface area contributed by atoms with Crippen molar-refractivity contribution in [3.8, 4) is 16.9 Å². The molecule has 2 aliphatic heterocycles. The van der Waals surface area contributed by atoms with E-state index in [2.05, 4.69) is 49.1 Å². The first kappa shape index (κ1) is 21.9. The van der Waals surface area contributed by atoms with Crippen LogP contribution >= 0.6 is 0 Å². The molecule has 0 saturated carbocycles. The molecular formula is C25H33N5O3. The number of nitrogens with zero attached hydrogens (tertiary/aromatic N) is 4. The van der Waals surface area contributed by atoms with Gasteiger partial charge in [0.1, 0.15) is 11.9 Å². The van der Waals surface area contributed by atoms with Crippen molar-refractivity contribution in [1.82, 2.24) is 24.9 Å². The van der Waals surface area contributed by atoms with Gasteiger partial charge >= 0.3 is 0 Å². The Bertz CT molecular complexity index is 1190. The third-order valence-electron chi connectivity index (χ3n) is 7.15. The first-order valence-corrected chi connectivity index (χ1v) is 11.8. The van der Waals surface area contributed by atoms with E-state index in [4.69, 9.17) is 19.7 Å². The Balaban J connectivity index is 1.48. The van der Waals surface area contributed by atoms with Crippen LogP contribution in [0.1, 0.15) is 51.8 Å². The Morgan fingerprint density at radius 1 is 1.30 bits per heavy atom. The van der Waals surface area contributed by atoms with E-state index in [-0.39, 0.29) is 23.5 Å². The summed E-state index contributed by atoms with van der Waals surface area (Å²) in [5.41, 5.74) is 3.89. The Kier molecular flexibility index (Phi) is 5.43. The van der Waals surface area contributed by atoms with E-state index in [1.165, 1.54) is 0 Å². The van der Waals surface area contributed by atoms with Gasteiger partial charge in [0, 0.05) is 50.0 Å². The number of carbonyl (C=O) groups is 1. The quantitative estimate of drug-likeness (QED) is 0.638. The maximum Gasteiger partial charge on any atom is 0.220 e. The maximum absolute atomic E-state index is 11.7. The second kappa shape index (κ2) is 8.17. The fourth-order valence-electron chi connectivity index (χ4n) is 5.07. The smallest absolute Gasteiger partial charge is 0.220 e. The monoisotopic (exact) mass is 451 g/mol. The van der Waals surface area contributed by atoms with Crippen molar-refractivity contribution in [2.75, 3.05) is 13.2 Å².